The first-order valence-corrected chi connectivity index (χ1v) is 5.30. The average Bonchev–Trinajstić information content (AvgIpc) is 2.77. The lowest BCUT2D eigenvalue weighted by Gasteiger charge is -2.31. The second-order valence-corrected chi connectivity index (χ2v) is 4.03. The highest BCUT2D eigenvalue weighted by Crippen LogP contribution is 2.03. The van der Waals surface area contributed by atoms with Gasteiger partial charge in [-0.05, 0) is 12.1 Å². The Balaban J connectivity index is 1.91. The van der Waals surface area contributed by atoms with Crippen molar-refractivity contribution in [2.45, 2.75) is 0 Å². The van der Waals surface area contributed by atoms with Gasteiger partial charge in [-0.15, -0.1) is 0 Å². The van der Waals surface area contributed by atoms with Crippen LogP contribution in [0.2, 0.25) is 0 Å². The summed E-state index contributed by atoms with van der Waals surface area (Å²) in [4.78, 5) is 29.6. The number of amides is 1. The lowest BCUT2D eigenvalue weighted by Crippen LogP contribution is -2.49. The van der Waals surface area contributed by atoms with Crippen molar-refractivity contribution in [1.29, 1.82) is 0 Å². The molecule has 5 nitrogen and oxygen atoms in total. The van der Waals surface area contributed by atoms with Gasteiger partial charge in [0.2, 0.25) is 5.91 Å². The van der Waals surface area contributed by atoms with E-state index in [4.69, 9.17) is 0 Å². The number of rotatable bonds is 3. The first kappa shape index (κ1) is 10.9. The fourth-order valence-corrected chi connectivity index (χ4v) is 1.73. The monoisotopic (exact) mass is 221 g/mol. The number of hydrogen-bond donors (Lipinski definition) is 1. The zero-order chi connectivity index (χ0) is 11.5. The molecule has 1 aliphatic rings. The van der Waals surface area contributed by atoms with Crippen LogP contribution in [-0.4, -0.2) is 59.7 Å². The van der Waals surface area contributed by atoms with Crippen molar-refractivity contribution in [1.82, 2.24) is 14.8 Å². The lowest BCUT2D eigenvalue weighted by molar-refractivity contribution is -0.134. The van der Waals surface area contributed by atoms with Crippen LogP contribution in [0.4, 0.5) is 0 Å². The molecule has 0 saturated carbocycles. The Bertz CT molecular complexity index is 386. The van der Waals surface area contributed by atoms with E-state index < -0.39 is 0 Å². The quantitative estimate of drug-likeness (QED) is 0.729. The molecule has 2 rings (SSSR count). The van der Waals surface area contributed by atoms with E-state index in [0.29, 0.717) is 25.3 Å². The van der Waals surface area contributed by atoms with Crippen molar-refractivity contribution < 1.29 is 9.59 Å². The van der Waals surface area contributed by atoms with Crippen LogP contribution >= 0.6 is 0 Å². The first-order valence-electron chi connectivity index (χ1n) is 5.30. The van der Waals surface area contributed by atoms with Gasteiger partial charge >= 0.3 is 0 Å². The summed E-state index contributed by atoms with van der Waals surface area (Å²) < 4.78 is 0. The number of nitrogens with one attached hydrogen (secondary N) is 1. The lowest BCUT2D eigenvalue weighted by atomic mass is 10.2. The molecular weight excluding hydrogens is 206 g/mol. The molecule has 86 valence electrons. The summed E-state index contributed by atoms with van der Waals surface area (Å²) in [5, 5.41) is 0. The van der Waals surface area contributed by atoms with Gasteiger partial charge in [-0.1, -0.05) is 0 Å². The Hall–Kier alpha value is -1.62. The Morgan fingerprint density at radius 2 is 2.31 bits per heavy atom. The van der Waals surface area contributed by atoms with Gasteiger partial charge in [0.05, 0.1) is 18.8 Å². The minimum absolute atomic E-state index is 0.0300. The SMILES string of the molecule is CN1CCN(CC(=O)c2ccc[nH]2)CC1=O. The molecule has 1 fully saturated rings. The Morgan fingerprint density at radius 1 is 1.50 bits per heavy atom. The molecule has 0 spiro atoms. The smallest absolute Gasteiger partial charge is 0.236 e. The fourth-order valence-electron chi connectivity index (χ4n) is 1.73. The number of aromatic amines is 1. The Morgan fingerprint density at radius 3 is 2.94 bits per heavy atom. The van der Waals surface area contributed by atoms with Gasteiger partial charge in [-0.25, -0.2) is 0 Å². The highest BCUT2D eigenvalue weighted by Gasteiger charge is 2.22. The third-order valence-corrected chi connectivity index (χ3v) is 2.80. The largest absolute Gasteiger partial charge is 0.359 e. The van der Waals surface area contributed by atoms with Gasteiger partial charge in [-0.2, -0.15) is 0 Å². The molecule has 1 aromatic heterocycles. The number of aromatic nitrogens is 1. The molecule has 0 aromatic carbocycles. The summed E-state index contributed by atoms with van der Waals surface area (Å²) in [5.74, 6) is 0.105. The third kappa shape index (κ3) is 2.30. The number of hydrogen-bond acceptors (Lipinski definition) is 3. The molecule has 1 N–H and O–H groups in total. The third-order valence-electron chi connectivity index (χ3n) is 2.80. The minimum atomic E-state index is 0.0300. The summed E-state index contributed by atoms with van der Waals surface area (Å²) in [7, 11) is 1.78. The van der Waals surface area contributed by atoms with Crippen LogP contribution in [0.1, 0.15) is 10.5 Å². The fraction of sp³-hybridized carbons (Fsp3) is 0.455. The number of carbonyl (C=O) groups is 2. The van der Waals surface area contributed by atoms with Gasteiger partial charge in [0.15, 0.2) is 5.78 Å². The van der Waals surface area contributed by atoms with Crippen LogP contribution < -0.4 is 0 Å². The van der Waals surface area contributed by atoms with Gasteiger partial charge in [0.1, 0.15) is 0 Å². The topological polar surface area (TPSA) is 56.4 Å². The zero-order valence-electron chi connectivity index (χ0n) is 9.27. The van der Waals surface area contributed by atoms with Crippen LogP contribution in [0.25, 0.3) is 0 Å². The maximum atomic E-state index is 11.8. The molecule has 0 atom stereocenters. The number of H-pyrrole nitrogens is 1. The first-order chi connectivity index (χ1) is 7.66. The highest BCUT2D eigenvalue weighted by molar-refractivity contribution is 5.96. The van der Waals surface area contributed by atoms with Crippen molar-refractivity contribution in [3.8, 4) is 0 Å². The van der Waals surface area contributed by atoms with Gasteiger partial charge < -0.3 is 9.88 Å². The molecule has 1 amide bonds. The zero-order valence-corrected chi connectivity index (χ0v) is 9.27. The van der Waals surface area contributed by atoms with Crippen LogP contribution in [0.15, 0.2) is 18.3 Å². The predicted molar refractivity (Wildman–Crippen MR) is 59.2 cm³/mol. The summed E-state index contributed by atoms with van der Waals surface area (Å²) in [5.41, 5.74) is 0.603. The van der Waals surface area contributed by atoms with Crippen molar-refractivity contribution in [2.24, 2.45) is 0 Å². The van der Waals surface area contributed by atoms with Crippen molar-refractivity contribution >= 4 is 11.7 Å². The van der Waals surface area contributed by atoms with Crippen LogP contribution in [-0.2, 0) is 4.79 Å². The van der Waals surface area contributed by atoms with Crippen LogP contribution in [0.3, 0.4) is 0 Å². The van der Waals surface area contributed by atoms with Crippen molar-refractivity contribution in [3.63, 3.8) is 0 Å². The number of Topliss-reactive ketones (excluding diaryl/α,β-unsaturated/α-hetero) is 1. The standard InChI is InChI=1S/C11H15N3O2/c1-13-5-6-14(8-11(13)16)7-10(15)9-3-2-4-12-9/h2-4,12H,5-8H2,1H3. The molecule has 1 saturated heterocycles. The number of nitrogens with zero attached hydrogens (tertiary/aromatic N) is 2. The maximum Gasteiger partial charge on any atom is 0.236 e. The second-order valence-electron chi connectivity index (χ2n) is 4.03. The number of likely N-dealkylation sites (N-methyl/N-ethyl adjacent to an activating group) is 1. The Labute approximate surface area is 94.0 Å². The molecule has 0 bridgehead atoms. The van der Waals surface area contributed by atoms with Crippen molar-refractivity contribution in [2.75, 3.05) is 33.2 Å². The predicted octanol–water partition coefficient (Wildman–Crippen LogP) is -0.0286. The highest BCUT2D eigenvalue weighted by atomic mass is 16.2. The minimum Gasteiger partial charge on any atom is -0.359 e. The summed E-state index contributed by atoms with van der Waals surface area (Å²) in [6.45, 7) is 2.09. The molecule has 16 heavy (non-hydrogen) atoms. The van der Waals surface area contributed by atoms with E-state index in [1.54, 1.807) is 30.3 Å². The number of carbonyl (C=O) groups excluding carboxylic acids is 2. The van der Waals surface area contributed by atoms with E-state index in [9.17, 15) is 9.59 Å². The van der Waals surface area contributed by atoms with E-state index in [0.717, 1.165) is 6.54 Å². The normalized spacial score (nSPS) is 17.8. The molecule has 1 aliphatic heterocycles. The average molecular weight is 221 g/mol. The molecule has 5 heteroatoms. The van der Waals surface area contributed by atoms with E-state index in [1.165, 1.54) is 0 Å². The number of piperazine rings is 1. The van der Waals surface area contributed by atoms with Gasteiger partial charge in [-0.3, -0.25) is 14.5 Å². The maximum absolute atomic E-state index is 11.8. The molecule has 2 heterocycles. The van der Waals surface area contributed by atoms with E-state index >= 15 is 0 Å². The van der Waals surface area contributed by atoms with Crippen LogP contribution in [0, 0.1) is 0 Å². The van der Waals surface area contributed by atoms with Crippen LogP contribution in [0.5, 0.6) is 0 Å². The van der Waals surface area contributed by atoms with Crippen molar-refractivity contribution in [3.05, 3.63) is 24.0 Å². The van der Waals surface area contributed by atoms with E-state index in [1.807, 2.05) is 4.90 Å². The summed E-state index contributed by atoms with van der Waals surface area (Å²) in [6, 6.07) is 3.54. The molecule has 1 aromatic rings. The summed E-state index contributed by atoms with van der Waals surface area (Å²) in [6.07, 6.45) is 1.72. The summed E-state index contributed by atoms with van der Waals surface area (Å²) >= 11 is 0. The van der Waals surface area contributed by atoms with E-state index in [-0.39, 0.29) is 11.7 Å². The molecule has 0 aliphatic carbocycles. The molecular formula is C11H15N3O2. The van der Waals surface area contributed by atoms with Gasteiger partial charge in [0.25, 0.3) is 0 Å². The second kappa shape index (κ2) is 4.49. The Kier molecular flexibility index (Phi) is 3.05. The van der Waals surface area contributed by atoms with Gasteiger partial charge in [0, 0.05) is 26.3 Å². The molecule has 0 radical (unpaired) electrons. The van der Waals surface area contributed by atoms with E-state index in [2.05, 4.69) is 4.98 Å². The number of ketones is 1. The molecule has 0 unspecified atom stereocenters.